The molecule has 3 aliphatic rings. The van der Waals surface area contributed by atoms with Gasteiger partial charge in [0.25, 0.3) is 0 Å². The van der Waals surface area contributed by atoms with E-state index in [2.05, 4.69) is 57.1 Å². The molecule has 1 aromatic heterocycles. The maximum Gasteiger partial charge on any atom is 0.220 e. The number of nitrogens with zero attached hydrogens (tertiary/aromatic N) is 4. The van der Waals surface area contributed by atoms with Gasteiger partial charge in [-0.25, -0.2) is 4.98 Å². The number of anilines is 2. The van der Waals surface area contributed by atoms with Crippen LogP contribution in [0.4, 0.5) is 11.4 Å². The predicted molar refractivity (Wildman–Crippen MR) is 114 cm³/mol. The molecule has 1 saturated heterocycles. The molecule has 0 amide bonds. The summed E-state index contributed by atoms with van der Waals surface area (Å²) < 4.78 is 5.35. The Morgan fingerprint density at radius 2 is 2.11 bits per heavy atom. The van der Waals surface area contributed by atoms with Crippen molar-refractivity contribution in [2.24, 2.45) is 0 Å². The van der Waals surface area contributed by atoms with Crippen molar-refractivity contribution in [2.75, 3.05) is 56.7 Å². The first-order valence-corrected chi connectivity index (χ1v) is 10.2. The van der Waals surface area contributed by atoms with Crippen molar-refractivity contribution in [3.8, 4) is 5.88 Å². The maximum atomic E-state index is 5.35. The quantitative estimate of drug-likeness (QED) is 0.818. The summed E-state index contributed by atoms with van der Waals surface area (Å²) in [5, 5.41) is 0. The Labute approximate surface area is 167 Å². The minimum atomic E-state index is 0.622. The number of fused-ring (bicyclic) bond motifs is 3. The van der Waals surface area contributed by atoms with Gasteiger partial charge < -0.3 is 14.5 Å². The number of methoxy groups -OCH3 is 1. The molecule has 5 rings (SSSR count). The summed E-state index contributed by atoms with van der Waals surface area (Å²) in [4.78, 5) is 12.0. The summed E-state index contributed by atoms with van der Waals surface area (Å²) in [6, 6.07) is 11.5. The lowest BCUT2D eigenvalue weighted by molar-refractivity contribution is 0.211. The van der Waals surface area contributed by atoms with Gasteiger partial charge in [-0.05, 0) is 30.2 Å². The lowest BCUT2D eigenvalue weighted by Crippen LogP contribution is -2.49. The summed E-state index contributed by atoms with van der Waals surface area (Å²) in [6.45, 7) is 5.54. The van der Waals surface area contributed by atoms with Crippen molar-refractivity contribution in [1.82, 2.24) is 9.88 Å². The number of piperidine rings is 1. The number of likely N-dealkylation sites (N-methyl/N-ethyl adjacent to an activating group) is 1. The van der Waals surface area contributed by atoms with E-state index in [0.717, 1.165) is 38.3 Å². The molecule has 2 aromatic rings. The fourth-order valence-electron chi connectivity index (χ4n) is 5.17. The first-order chi connectivity index (χ1) is 13.8. The van der Waals surface area contributed by atoms with Crippen molar-refractivity contribution in [3.05, 3.63) is 53.7 Å². The van der Waals surface area contributed by atoms with Crippen molar-refractivity contribution >= 4 is 17.5 Å². The van der Waals surface area contributed by atoms with Crippen LogP contribution in [0.25, 0.3) is 6.08 Å². The second kappa shape index (κ2) is 7.13. The highest BCUT2D eigenvalue weighted by molar-refractivity contribution is 5.80. The fraction of sp³-hybridized carbons (Fsp3) is 0.435. The van der Waals surface area contributed by atoms with E-state index in [1.54, 1.807) is 18.9 Å². The highest BCUT2D eigenvalue weighted by Crippen LogP contribution is 2.50. The van der Waals surface area contributed by atoms with Gasteiger partial charge in [-0.1, -0.05) is 24.3 Å². The van der Waals surface area contributed by atoms with Crippen LogP contribution in [0.1, 0.15) is 23.5 Å². The Balaban J connectivity index is 1.32. The standard InChI is InChI=1S/C23H28N4O/c1-25-14-15-27-20-10-13-26(12-5-7-17-6-4-11-24-23(17)28-2)16-19(20)18-8-3-9-21(25)22(18)27/h3-9,11,19-20H,10,12-16H2,1-2H3/b7-5+/t19-,20-/m0/s1. The summed E-state index contributed by atoms with van der Waals surface area (Å²) in [7, 11) is 3.89. The molecule has 2 atom stereocenters. The number of benzene rings is 1. The number of hydrogen-bond donors (Lipinski definition) is 0. The number of hydrogen-bond acceptors (Lipinski definition) is 5. The van der Waals surface area contributed by atoms with Crippen molar-refractivity contribution in [1.29, 1.82) is 0 Å². The van der Waals surface area contributed by atoms with Crippen molar-refractivity contribution < 1.29 is 4.74 Å². The Morgan fingerprint density at radius 3 is 3.00 bits per heavy atom. The zero-order valence-electron chi connectivity index (χ0n) is 16.7. The van der Waals surface area contributed by atoms with Gasteiger partial charge in [-0.15, -0.1) is 0 Å². The van der Waals surface area contributed by atoms with Gasteiger partial charge in [0.15, 0.2) is 0 Å². The van der Waals surface area contributed by atoms with Gasteiger partial charge >= 0.3 is 0 Å². The Bertz CT molecular complexity index is 896. The third-order valence-corrected chi connectivity index (χ3v) is 6.54. The van der Waals surface area contributed by atoms with Gasteiger partial charge in [0.05, 0.1) is 18.5 Å². The summed E-state index contributed by atoms with van der Waals surface area (Å²) >= 11 is 0. The SMILES string of the molecule is COc1ncccc1/C=C/CN1CC[C@H]2[C@@H](C1)c1cccc3c1N2CCN3C. The highest BCUT2D eigenvalue weighted by Gasteiger charge is 2.44. The lowest BCUT2D eigenvalue weighted by atomic mass is 9.89. The Hall–Kier alpha value is -2.53. The van der Waals surface area contributed by atoms with Crippen LogP contribution < -0.4 is 14.5 Å². The van der Waals surface area contributed by atoms with Crippen LogP contribution in [-0.2, 0) is 0 Å². The summed E-state index contributed by atoms with van der Waals surface area (Å²) in [5.74, 6) is 1.31. The average Bonchev–Trinajstić information content (AvgIpc) is 3.05. The number of aromatic nitrogens is 1. The predicted octanol–water partition coefficient (Wildman–Crippen LogP) is 3.23. The van der Waals surface area contributed by atoms with E-state index in [0.29, 0.717) is 17.8 Å². The van der Waals surface area contributed by atoms with Crippen LogP contribution in [0.15, 0.2) is 42.6 Å². The topological polar surface area (TPSA) is 31.8 Å². The average molecular weight is 377 g/mol. The molecule has 146 valence electrons. The smallest absolute Gasteiger partial charge is 0.220 e. The minimum Gasteiger partial charge on any atom is -0.481 e. The first kappa shape index (κ1) is 17.6. The van der Waals surface area contributed by atoms with E-state index in [1.165, 1.54) is 17.8 Å². The molecule has 0 aliphatic carbocycles. The van der Waals surface area contributed by atoms with Crippen LogP contribution in [0.3, 0.4) is 0 Å². The molecule has 0 N–H and O–H groups in total. The monoisotopic (exact) mass is 376 g/mol. The number of likely N-dealkylation sites (tertiary alicyclic amines) is 1. The van der Waals surface area contributed by atoms with Crippen molar-refractivity contribution in [3.63, 3.8) is 0 Å². The molecule has 0 saturated carbocycles. The van der Waals surface area contributed by atoms with E-state index in [4.69, 9.17) is 4.74 Å². The molecule has 0 unspecified atom stereocenters. The largest absolute Gasteiger partial charge is 0.481 e. The van der Waals surface area contributed by atoms with E-state index in [1.807, 2.05) is 12.1 Å². The number of ether oxygens (including phenoxy) is 1. The molecule has 28 heavy (non-hydrogen) atoms. The molecule has 5 heteroatoms. The van der Waals surface area contributed by atoms with Gasteiger partial charge in [-0.2, -0.15) is 0 Å². The lowest BCUT2D eigenvalue weighted by Gasteiger charge is -2.41. The summed E-state index contributed by atoms with van der Waals surface area (Å²) in [5.41, 5.74) is 5.50. The van der Waals surface area contributed by atoms with E-state index >= 15 is 0 Å². The summed E-state index contributed by atoms with van der Waals surface area (Å²) in [6.07, 6.45) is 7.39. The maximum absolute atomic E-state index is 5.35. The highest BCUT2D eigenvalue weighted by atomic mass is 16.5. The van der Waals surface area contributed by atoms with Gasteiger partial charge in [0.1, 0.15) is 0 Å². The normalized spacial score (nSPS) is 23.8. The molecule has 1 fully saturated rings. The Morgan fingerprint density at radius 1 is 1.18 bits per heavy atom. The molecule has 5 nitrogen and oxygen atoms in total. The van der Waals surface area contributed by atoms with Crippen LogP contribution in [0.2, 0.25) is 0 Å². The van der Waals surface area contributed by atoms with Crippen LogP contribution in [0, 0.1) is 0 Å². The van der Waals surface area contributed by atoms with Gasteiger partial charge in [0, 0.05) is 63.5 Å². The minimum absolute atomic E-state index is 0.622. The van der Waals surface area contributed by atoms with E-state index in [-0.39, 0.29) is 0 Å². The molecule has 1 aromatic carbocycles. The molecule has 3 aliphatic heterocycles. The van der Waals surface area contributed by atoms with Gasteiger partial charge in [0.2, 0.25) is 5.88 Å². The molecular weight excluding hydrogens is 348 g/mol. The van der Waals surface area contributed by atoms with E-state index < -0.39 is 0 Å². The Kier molecular flexibility index (Phi) is 4.47. The second-order valence-corrected chi connectivity index (χ2v) is 8.06. The zero-order valence-corrected chi connectivity index (χ0v) is 16.7. The molecule has 4 heterocycles. The number of rotatable bonds is 4. The third-order valence-electron chi connectivity index (χ3n) is 6.54. The second-order valence-electron chi connectivity index (χ2n) is 8.06. The van der Waals surface area contributed by atoms with Crippen LogP contribution >= 0.6 is 0 Å². The zero-order chi connectivity index (χ0) is 19.1. The van der Waals surface area contributed by atoms with Crippen LogP contribution in [-0.4, -0.2) is 62.8 Å². The molecule has 0 bridgehead atoms. The van der Waals surface area contributed by atoms with E-state index in [9.17, 15) is 0 Å². The fourth-order valence-corrected chi connectivity index (χ4v) is 5.17. The first-order valence-electron chi connectivity index (χ1n) is 10.2. The molecular formula is C23H28N4O. The molecule has 0 radical (unpaired) electrons. The number of pyridine rings is 1. The van der Waals surface area contributed by atoms with Gasteiger partial charge in [-0.3, -0.25) is 4.90 Å². The van der Waals surface area contributed by atoms with Crippen molar-refractivity contribution in [2.45, 2.75) is 18.4 Å². The van der Waals surface area contributed by atoms with Crippen LogP contribution in [0.5, 0.6) is 5.88 Å². The molecule has 0 spiro atoms. The number of para-hydroxylation sites is 1. The third kappa shape index (κ3) is 2.85.